The number of fused-ring (bicyclic) bond motifs is 1. The summed E-state index contributed by atoms with van der Waals surface area (Å²) in [6.45, 7) is 1.73. The molecule has 0 saturated carbocycles. The van der Waals surface area contributed by atoms with Crippen LogP contribution in [0.3, 0.4) is 0 Å². The number of hydrogen-bond acceptors (Lipinski definition) is 3. The third kappa shape index (κ3) is 5.10. The van der Waals surface area contributed by atoms with Gasteiger partial charge in [0.1, 0.15) is 0 Å². The van der Waals surface area contributed by atoms with E-state index in [1.807, 2.05) is 42.5 Å². The average Bonchev–Trinajstić information content (AvgIpc) is 2.76. The second-order valence-electron chi connectivity index (χ2n) is 7.51. The highest BCUT2D eigenvalue weighted by Gasteiger charge is 2.19. The SMILES string of the molecule is Cc1ccc(NC(=O)Nc2ccc3ccccc3c2)cc1S(=O)(=O)Cc1ccc(Cl)cc1. The summed E-state index contributed by atoms with van der Waals surface area (Å²) in [6, 6.07) is 24.6. The minimum Gasteiger partial charge on any atom is -0.308 e. The zero-order valence-corrected chi connectivity index (χ0v) is 18.9. The van der Waals surface area contributed by atoms with Gasteiger partial charge in [-0.05, 0) is 65.2 Å². The Morgan fingerprint density at radius 2 is 1.44 bits per heavy atom. The maximum atomic E-state index is 13.0. The first kappa shape index (κ1) is 21.9. The Hall–Kier alpha value is -3.35. The fourth-order valence-corrected chi connectivity index (χ4v) is 5.23. The van der Waals surface area contributed by atoms with Crippen LogP contribution in [0.5, 0.6) is 0 Å². The standard InChI is InChI=1S/C25H21ClN2O3S/c1-17-6-12-23(15-24(17)32(30,31)16-18-7-10-21(26)11-8-18)28-25(29)27-22-13-9-19-4-2-3-5-20(19)14-22/h2-15H,16H2,1H3,(H2,27,28,29). The topological polar surface area (TPSA) is 75.3 Å². The summed E-state index contributed by atoms with van der Waals surface area (Å²) >= 11 is 5.89. The summed E-state index contributed by atoms with van der Waals surface area (Å²) in [4.78, 5) is 12.7. The molecule has 0 bridgehead atoms. The molecule has 4 aromatic rings. The third-order valence-corrected chi connectivity index (χ3v) is 7.13. The summed E-state index contributed by atoms with van der Waals surface area (Å²) in [5.41, 5.74) is 2.29. The summed E-state index contributed by atoms with van der Waals surface area (Å²) < 4.78 is 26.0. The summed E-state index contributed by atoms with van der Waals surface area (Å²) in [5, 5.41) is 8.14. The second kappa shape index (κ2) is 9.02. The Morgan fingerprint density at radius 3 is 2.16 bits per heavy atom. The zero-order chi connectivity index (χ0) is 22.7. The molecule has 0 aliphatic rings. The maximum absolute atomic E-state index is 13.0. The normalized spacial score (nSPS) is 11.3. The Morgan fingerprint density at radius 1 is 0.812 bits per heavy atom. The van der Waals surface area contributed by atoms with Gasteiger partial charge in [0.2, 0.25) is 0 Å². The number of benzene rings is 4. The van der Waals surface area contributed by atoms with Gasteiger partial charge in [-0.25, -0.2) is 13.2 Å². The van der Waals surface area contributed by atoms with Crippen LogP contribution in [0.1, 0.15) is 11.1 Å². The highest BCUT2D eigenvalue weighted by molar-refractivity contribution is 7.90. The van der Waals surface area contributed by atoms with Crippen molar-refractivity contribution in [3.05, 3.63) is 101 Å². The highest BCUT2D eigenvalue weighted by atomic mass is 35.5. The van der Waals surface area contributed by atoms with Gasteiger partial charge in [-0.1, -0.05) is 60.1 Å². The predicted octanol–water partition coefficient (Wildman–Crippen LogP) is 6.42. The molecule has 0 radical (unpaired) electrons. The molecule has 5 nitrogen and oxygen atoms in total. The van der Waals surface area contributed by atoms with Crippen LogP contribution < -0.4 is 10.6 Å². The molecule has 0 fully saturated rings. The number of nitrogens with one attached hydrogen (secondary N) is 2. The first-order valence-electron chi connectivity index (χ1n) is 9.95. The first-order chi connectivity index (χ1) is 15.3. The zero-order valence-electron chi connectivity index (χ0n) is 17.3. The van der Waals surface area contributed by atoms with Gasteiger partial charge in [-0.2, -0.15) is 0 Å². The number of hydrogen-bond donors (Lipinski definition) is 2. The minimum absolute atomic E-state index is 0.155. The number of halogens is 1. The fourth-order valence-electron chi connectivity index (χ4n) is 3.45. The molecule has 0 spiro atoms. The highest BCUT2D eigenvalue weighted by Crippen LogP contribution is 2.25. The minimum atomic E-state index is -3.61. The van der Waals surface area contributed by atoms with Crippen molar-refractivity contribution in [1.82, 2.24) is 0 Å². The monoisotopic (exact) mass is 464 g/mol. The Bertz CT molecular complexity index is 1400. The van der Waals surface area contributed by atoms with Gasteiger partial charge in [0.05, 0.1) is 10.6 Å². The number of aryl methyl sites for hydroxylation is 1. The average molecular weight is 465 g/mol. The fraction of sp³-hybridized carbons (Fsp3) is 0.0800. The van der Waals surface area contributed by atoms with E-state index in [-0.39, 0.29) is 10.6 Å². The van der Waals surface area contributed by atoms with Crippen LogP contribution >= 0.6 is 11.6 Å². The van der Waals surface area contributed by atoms with Crippen LogP contribution in [-0.2, 0) is 15.6 Å². The van der Waals surface area contributed by atoms with E-state index in [0.29, 0.717) is 27.5 Å². The molecule has 0 aliphatic carbocycles. The molecule has 4 aromatic carbocycles. The summed E-state index contributed by atoms with van der Waals surface area (Å²) in [7, 11) is -3.61. The van der Waals surface area contributed by atoms with E-state index in [1.165, 1.54) is 6.07 Å². The molecule has 2 N–H and O–H groups in total. The summed E-state index contributed by atoms with van der Waals surface area (Å²) in [5.74, 6) is -0.155. The van der Waals surface area contributed by atoms with E-state index < -0.39 is 15.9 Å². The van der Waals surface area contributed by atoms with Crippen molar-refractivity contribution in [2.24, 2.45) is 0 Å². The van der Waals surface area contributed by atoms with Gasteiger partial charge in [-0.15, -0.1) is 0 Å². The molecular weight excluding hydrogens is 444 g/mol. The Labute approximate surface area is 192 Å². The molecule has 0 atom stereocenters. The number of urea groups is 1. The molecular formula is C25H21ClN2O3S. The van der Waals surface area contributed by atoms with Crippen LogP contribution in [0.15, 0.2) is 89.8 Å². The van der Waals surface area contributed by atoms with Crippen molar-refractivity contribution >= 4 is 49.6 Å². The lowest BCUT2D eigenvalue weighted by Gasteiger charge is -2.12. The summed E-state index contributed by atoms with van der Waals surface area (Å²) in [6.07, 6.45) is 0. The van der Waals surface area contributed by atoms with Crippen molar-refractivity contribution in [3.8, 4) is 0 Å². The van der Waals surface area contributed by atoms with Crippen LogP contribution in [-0.4, -0.2) is 14.4 Å². The van der Waals surface area contributed by atoms with E-state index in [4.69, 9.17) is 11.6 Å². The van der Waals surface area contributed by atoms with Crippen molar-refractivity contribution in [2.45, 2.75) is 17.6 Å². The first-order valence-corrected chi connectivity index (χ1v) is 12.0. The van der Waals surface area contributed by atoms with Gasteiger partial charge in [0.15, 0.2) is 9.84 Å². The molecule has 0 unspecified atom stereocenters. The van der Waals surface area contributed by atoms with E-state index in [9.17, 15) is 13.2 Å². The van der Waals surface area contributed by atoms with Crippen LogP contribution in [0, 0.1) is 6.92 Å². The molecule has 0 saturated heterocycles. The van der Waals surface area contributed by atoms with E-state index in [1.54, 1.807) is 43.3 Å². The number of carbonyl (C=O) groups is 1. The molecule has 0 aliphatic heterocycles. The molecule has 162 valence electrons. The van der Waals surface area contributed by atoms with E-state index in [2.05, 4.69) is 10.6 Å². The quantitative estimate of drug-likeness (QED) is 0.358. The Kier molecular flexibility index (Phi) is 6.17. The van der Waals surface area contributed by atoms with E-state index >= 15 is 0 Å². The number of sulfone groups is 1. The van der Waals surface area contributed by atoms with E-state index in [0.717, 1.165) is 10.8 Å². The lowest BCUT2D eigenvalue weighted by atomic mass is 10.1. The molecule has 4 rings (SSSR count). The van der Waals surface area contributed by atoms with Crippen molar-refractivity contribution < 1.29 is 13.2 Å². The van der Waals surface area contributed by atoms with Gasteiger partial charge in [0, 0.05) is 16.4 Å². The van der Waals surface area contributed by atoms with Crippen molar-refractivity contribution in [2.75, 3.05) is 10.6 Å². The molecule has 0 aromatic heterocycles. The van der Waals surface area contributed by atoms with Crippen LogP contribution in [0.4, 0.5) is 16.2 Å². The number of anilines is 2. The molecule has 2 amide bonds. The van der Waals surface area contributed by atoms with Crippen LogP contribution in [0.25, 0.3) is 10.8 Å². The molecule has 0 heterocycles. The molecule has 7 heteroatoms. The lowest BCUT2D eigenvalue weighted by Crippen LogP contribution is -2.19. The van der Waals surface area contributed by atoms with Gasteiger partial charge in [0.25, 0.3) is 0 Å². The third-order valence-electron chi connectivity index (χ3n) is 5.06. The lowest BCUT2D eigenvalue weighted by molar-refractivity contribution is 0.262. The van der Waals surface area contributed by atoms with Crippen molar-refractivity contribution in [3.63, 3.8) is 0 Å². The smallest absolute Gasteiger partial charge is 0.308 e. The van der Waals surface area contributed by atoms with Crippen molar-refractivity contribution in [1.29, 1.82) is 0 Å². The maximum Gasteiger partial charge on any atom is 0.323 e. The predicted molar refractivity (Wildman–Crippen MR) is 130 cm³/mol. The number of amides is 2. The Balaban J connectivity index is 1.51. The largest absolute Gasteiger partial charge is 0.323 e. The molecule has 32 heavy (non-hydrogen) atoms. The van der Waals surface area contributed by atoms with Gasteiger partial charge >= 0.3 is 6.03 Å². The number of rotatable bonds is 5. The van der Waals surface area contributed by atoms with Crippen LogP contribution in [0.2, 0.25) is 5.02 Å². The van der Waals surface area contributed by atoms with Gasteiger partial charge in [-0.3, -0.25) is 0 Å². The number of carbonyl (C=O) groups excluding carboxylic acids is 1. The van der Waals surface area contributed by atoms with Gasteiger partial charge < -0.3 is 10.6 Å². The second-order valence-corrected chi connectivity index (χ2v) is 9.90.